The molecule has 0 aliphatic rings. The highest BCUT2D eigenvalue weighted by Crippen LogP contribution is 2.37. The minimum atomic E-state index is -0.512. The van der Waals surface area contributed by atoms with Gasteiger partial charge >= 0.3 is 5.97 Å². The van der Waals surface area contributed by atoms with E-state index in [0.717, 1.165) is 12.8 Å². The molecule has 1 unspecified atom stereocenters. The Morgan fingerprint density at radius 3 is 1.75 bits per heavy atom. The van der Waals surface area contributed by atoms with Gasteiger partial charge in [-0.3, -0.25) is 4.79 Å². The molecule has 24 heavy (non-hydrogen) atoms. The minimum absolute atomic E-state index is 0.0859. The average molecular weight is 343 g/mol. The molecule has 0 heterocycles. The molecule has 0 aliphatic carbocycles. The van der Waals surface area contributed by atoms with Crippen LogP contribution in [0.5, 0.6) is 0 Å². The first-order chi connectivity index (χ1) is 10.5. The zero-order valence-electron chi connectivity index (χ0n) is 18.1. The van der Waals surface area contributed by atoms with Crippen molar-refractivity contribution in [1.29, 1.82) is 0 Å². The molecule has 0 aromatic rings. The molecule has 0 aliphatic heterocycles. The summed E-state index contributed by atoms with van der Waals surface area (Å²) in [5.41, 5.74) is -0.654. The minimum Gasteiger partial charge on any atom is -0.459 e. The fourth-order valence-corrected chi connectivity index (χ4v) is 2.43. The van der Waals surface area contributed by atoms with Gasteiger partial charge in [-0.15, -0.1) is 0 Å². The van der Waals surface area contributed by atoms with E-state index in [9.17, 15) is 4.79 Å². The summed E-state index contributed by atoms with van der Waals surface area (Å²) in [5.74, 6) is -0.193. The molecule has 0 spiro atoms. The van der Waals surface area contributed by atoms with Gasteiger partial charge in [0.1, 0.15) is 5.60 Å². The molecule has 0 rings (SSSR count). The van der Waals surface area contributed by atoms with E-state index < -0.39 is 5.60 Å². The molecule has 1 atom stereocenters. The summed E-state index contributed by atoms with van der Waals surface area (Å²) in [5, 5.41) is 0. The van der Waals surface area contributed by atoms with Crippen molar-refractivity contribution in [3.8, 4) is 0 Å². The van der Waals surface area contributed by atoms with Gasteiger partial charge in [0.25, 0.3) is 0 Å². The van der Waals surface area contributed by atoms with Gasteiger partial charge in [-0.1, -0.05) is 48.5 Å². The predicted molar refractivity (Wildman–Crippen MR) is 102 cm³/mol. The van der Waals surface area contributed by atoms with Gasteiger partial charge < -0.3 is 9.47 Å². The Balaban J connectivity index is 4.83. The highest BCUT2D eigenvalue weighted by atomic mass is 16.6. The number of ether oxygens (including phenoxy) is 2. The van der Waals surface area contributed by atoms with Crippen LogP contribution in [0.3, 0.4) is 0 Å². The number of esters is 1. The lowest BCUT2D eigenvalue weighted by molar-refractivity contribution is -0.169. The zero-order valence-corrected chi connectivity index (χ0v) is 18.1. The van der Waals surface area contributed by atoms with Crippen LogP contribution >= 0.6 is 0 Å². The van der Waals surface area contributed by atoms with Crippen LogP contribution in [0.1, 0.15) is 95.4 Å². The van der Waals surface area contributed by atoms with Gasteiger partial charge in [-0.2, -0.15) is 0 Å². The molecule has 144 valence electrons. The number of carbonyl (C=O) groups is 1. The lowest BCUT2D eigenvalue weighted by Gasteiger charge is -2.36. The summed E-state index contributed by atoms with van der Waals surface area (Å²) in [6, 6.07) is 0. The van der Waals surface area contributed by atoms with Crippen molar-refractivity contribution in [1.82, 2.24) is 0 Å². The van der Waals surface area contributed by atoms with E-state index in [2.05, 4.69) is 62.3 Å². The smallest absolute Gasteiger partial charge is 0.310 e. The molecule has 0 fully saturated rings. The lowest BCUT2D eigenvalue weighted by atomic mass is 9.72. The van der Waals surface area contributed by atoms with E-state index in [-0.39, 0.29) is 28.3 Å². The second-order valence-electron chi connectivity index (χ2n) is 10.6. The van der Waals surface area contributed by atoms with Crippen LogP contribution in [0.25, 0.3) is 0 Å². The molecule has 3 heteroatoms. The predicted octanol–water partition coefficient (Wildman–Crippen LogP) is 6.00. The topological polar surface area (TPSA) is 35.5 Å². The maximum absolute atomic E-state index is 12.8. The molecule has 0 aromatic heterocycles. The van der Waals surface area contributed by atoms with Crippen LogP contribution in [0.2, 0.25) is 0 Å². The second-order valence-corrected chi connectivity index (χ2v) is 10.6. The highest BCUT2D eigenvalue weighted by molar-refractivity contribution is 5.73. The van der Waals surface area contributed by atoms with Gasteiger partial charge in [0.15, 0.2) is 0 Å². The van der Waals surface area contributed by atoms with E-state index in [0.29, 0.717) is 13.0 Å². The fraction of sp³-hybridized carbons (Fsp3) is 0.952. The van der Waals surface area contributed by atoms with Gasteiger partial charge in [-0.25, -0.2) is 0 Å². The van der Waals surface area contributed by atoms with Gasteiger partial charge in [0.05, 0.1) is 18.1 Å². The SMILES string of the molecule is CCC(C)(C)OCCC(C)(C)OC(=O)C(CC(C)(C)C)C(C)(C)C. The average Bonchev–Trinajstić information content (AvgIpc) is 2.32. The first-order valence-electron chi connectivity index (χ1n) is 9.36. The van der Waals surface area contributed by atoms with E-state index in [4.69, 9.17) is 9.47 Å². The molecule has 0 amide bonds. The Morgan fingerprint density at radius 2 is 1.38 bits per heavy atom. The molecule has 0 aromatic carbocycles. The summed E-state index contributed by atoms with van der Waals surface area (Å²) in [6.07, 6.45) is 2.49. The third-order valence-electron chi connectivity index (χ3n) is 4.57. The van der Waals surface area contributed by atoms with Crippen molar-refractivity contribution in [2.45, 2.75) is 107 Å². The third kappa shape index (κ3) is 9.66. The largest absolute Gasteiger partial charge is 0.459 e. The molecular formula is C21H42O3. The second kappa shape index (κ2) is 8.21. The van der Waals surface area contributed by atoms with Crippen LogP contribution in [0.15, 0.2) is 0 Å². The van der Waals surface area contributed by atoms with Crippen LogP contribution in [-0.4, -0.2) is 23.8 Å². The van der Waals surface area contributed by atoms with Crippen molar-refractivity contribution >= 4 is 5.97 Å². The first-order valence-corrected chi connectivity index (χ1v) is 9.36. The molecule has 0 bridgehead atoms. The van der Waals surface area contributed by atoms with Crippen molar-refractivity contribution in [2.24, 2.45) is 16.7 Å². The first kappa shape index (κ1) is 23.4. The third-order valence-corrected chi connectivity index (χ3v) is 4.57. The Bertz CT molecular complexity index is 394. The summed E-state index contributed by atoms with van der Waals surface area (Å²) < 4.78 is 11.8. The van der Waals surface area contributed by atoms with Crippen molar-refractivity contribution in [3.63, 3.8) is 0 Å². The molecular weight excluding hydrogens is 300 g/mol. The number of hydrogen-bond acceptors (Lipinski definition) is 3. The summed E-state index contributed by atoms with van der Waals surface area (Å²) in [7, 11) is 0. The van der Waals surface area contributed by atoms with E-state index in [1.165, 1.54) is 0 Å². The van der Waals surface area contributed by atoms with E-state index in [1.54, 1.807) is 0 Å². The summed E-state index contributed by atoms with van der Waals surface area (Å²) >= 11 is 0. The number of carbonyl (C=O) groups excluding carboxylic acids is 1. The Hall–Kier alpha value is -0.570. The quantitative estimate of drug-likeness (QED) is 0.507. The Kier molecular flexibility index (Phi) is 8.01. The van der Waals surface area contributed by atoms with Crippen LogP contribution in [0, 0.1) is 16.7 Å². The Morgan fingerprint density at radius 1 is 0.875 bits per heavy atom. The molecule has 0 N–H and O–H groups in total. The monoisotopic (exact) mass is 342 g/mol. The Labute approximate surface area is 150 Å². The van der Waals surface area contributed by atoms with E-state index in [1.807, 2.05) is 13.8 Å². The van der Waals surface area contributed by atoms with Gasteiger partial charge in [0, 0.05) is 6.42 Å². The summed E-state index contributed by atoms with van der Waals surface area (Å²) in [6.45, 7) is 23.7. The van der Waals surface area contributed by atoms with Crippen LogP contribution in [-0.2, 0) is 14.3 Å². The van der Waals surface area contributed by atoms with Gasteiger partial charge in [0.2, 0.25) is 0 Å². The normalized spacial score (nSPS) is 15.3. The number of rotatable bonds is 8. The fourth-order valence-electron chi connectivity index (χ4n) is 2.43. The maximum atomic E-state index is 12.8. The van der Waals surface area contributed by atoms with Crippen LogP contribution < -0.4 is 0 Å². The van der Waals surface area contributed by atoms with Crippen LogP contribution in [0.4, 0.5) is 0 Å². The molecule has 0 saturated heterocycles. The molecule has 3 nitrogen and oxygen atoms in total. The molecule has 0 saturated carbocycles. The van der Waals surface area contributed by atoms with Gasteiger partial charge in [-0.05, 0) is 51.4 Å². The van der Waals surface area contributed by atoms with Crippen molar-refractivity contribution < 1.29 is 14.3 Å². The molecule has 0 radical (unpaired) electrons. The van der Waals surface area contributed by atoms with Crippen molar-refractivity contribution in [2.75, 3.05) is 6.61 Å². The van der Waals surface area contributed by atoms with Crippen molar-refractivity contribution in [3.05, 3.63) is 0 Å². The number of hydrogen-bond donors (Lipinski definition) is 0. The zero-order chi connectivity index (χ0) is 19.4. The highest BCUT2D eigenvalue weighted by Gasteiger charge is 2.38. The maximum Gasteiger partial charge on any atom is 0.310 e. The van der Waals surface area contributed by atoms with E-state index >= 15 is 0 Å². The lowest BCUT2D eigenvalue weighted by Crippen LogP contribution is -2.39. The standard InChI is InChI=1S/C21H42O3/c1-12-20(8,9)23-14-13-21(10,11)24-17(22)16(19(5,6)7)15-18(2,3)4/h16H,12-15H2,1-11H3. The summed E-state index contributed by atoms with van der Waals surface area (Å²) in [4.78, 5) is 12.8.